The number of benzene rings is 1. The fourth-order valence-corrected chi connectivity index (χ4v) is 3.01. The van der Waals surface area contributed by atoms with E-state index in [1.54, 1.807) is 20.8 Å². The van der Waals surface area contributed by atoms with Crippen LogP contribution in [0.5, 0.6) is 5.75 Å². The van der Waals surface area contributed by atoms with Crippen molar-refractivity contribution in [2.75, 3.05) is 7.11 Å². The molecule has 1 aromatic carbocycles. The lowest BCUT2D eigenvalue weighted by atomic mass is 10.2. The minimum Gasteiger partial charge on any atom is -0.496 e. The predicted molar refractivity (Wildman–Crippen MR) is 81.5 cm³/mol. The number of methoxy groups -OCH3 is 1. The maximum atomic E-state index is 12.0. The Labute approximate surface area is 129 Å². The Morgan fingerprint density at radius 1 is 1.19 bits per heavy atom. The highest BCUT2D eigenvalue weighted by Gasteiger charge is 2.28. The van der Waals surface area contributed by atoms with E-state index in [0.29, 0.717) is 11.3 Å². The van der Waals surface area contributed by atoms with Crippen LogP contribution in [0.25, 0.3) is 0 Å². The van der Waals surface area contributed by atoms with Crippen molar-refractivity contribution in [1.29, 1.82) is 0 Å². The van der Waals surface area contributed by atoms with Gasteiger partial charge in [-0.3, -0.25) is 0 Å². The van der Waals surface area contributed by atoms with Crippen LogP contribution in [-0.4, -0.2) is 28.7 Å². The lowest BCUT2D eigenvalue weighted by Crippen LogP contribution is -2.39. The van der Waals surface area contributed by atoms with Crippen molar-refractivity contribution in [3.63, 3.8) is 0 Å². The molecule has 0 aliphatic heterocycles. The smallest absolute Gasteiger partial charge is 0.261 e. The molecule has 0 spiro atoms. The molecule has 0 aliphatic carbocycles. The fraction of sp³-hybridized carbons (Fsp3) is 0.500. The summed E-state index contributed by atoms with van der Waals surface area (Å²) < 4.78 is 53.2. The van der Waals surface area contributed by atoms with E-state index < -0.39 is 23.8 Å². The van der Waals surface area contributed by atoms with Gasteiger partial charge in [-0.15, -0.1) is 0 Å². The zero-order valence-electron chi connectivity index (χ0n) is 12.2. The number of rotatable bonds is 5. The summed E-state index contributed by atoms with van der Waals surface area (Å²) in [6, 6.07) is 4.01. The average molecular weight is 356 g/mol. The third-order valence-electron chi connectivity index (χ3n) is 2.79. The van der Waals surface area contributed by atoms with E-state index in [4.69, 9.17) is 15.4 Å². The van der Waals surface area contributed by atoms with Crippen LogP contribution < -0.4 is 9.46 Å². The van der Waals surface area contributed by atoms with Gasteiger partial charge in [0.15, 0.2) is 0 Å². The van der Waals surface area contributed by atoms with E-state index in [1.165, 1.54) is 25.3 Å². The van der Waals surface area contributed by atoms with Crippen LogP contribution in [0.1, 0.15) is 26.3 Å². The van der Waals surface area contributed by atoms with Gasteiger partial charge in [0.05, 0.1) is 16.8 Å². The molecule has 0 radical (unpaired) electrons. The molecule has 0 aliphatic rings. The Morgan fingerprint density at radius 3 is 2.19 bits per heavy atom. The van der Waals surface area contributed by atoms with Crippen LogP contribution >= 0.6 is 10.7 Å². The molecular formula is C12H18ClNO5S2. The summed E-state index contributed by atoms with van der Waals surface area (Å²) in [5, 5.41) is 0. The molecule has 0 amide bonds. The summed E-state index contributed by atoms with van der Waals surface area (Å²) >= 11 is 0. The van der Waals surface area contributed by atoms with E-state index in [-0.39, 0.29) is 11.4 Å². The van der Waals surface area contributed by atoms with Gasteiger partial charge < -0.3 is 4.74 Å². The van der Waals surface area contributed by atoms with Crippen LogP contribution in [0.2, 0.25) is 0 Å². The second-order valence-electron chi connectivity index (χ2n) is 5.35. The van der Waals surface area contributed by atoms with Crippen LogP contribution in [0.3, 0.4) is 0 Å². The summed E-state index contributed by atoms with van der Waals surface area (Å²) in [6.45, 7) is 4.59. The Kier molecular flexibility index (Phi) is 5.31. The Hall–Kier alpha value is -0.830. The second-order valence-corrected chi connectivity index (χ2v) is 10.4. The standard InChI is InChI=1S/C12H18ClNO5S2/c1-12(2,3)21(17,18)14-8-9-7-10(20(13,15)16)5-6-11(9)19-4/h5-7,14H,8H2,1-4H3. The molecule has 6 nitrogen and oxygen atoms in total. The highest BCUT2D eigenvalue weighted by atomic mass is 35.7. The van der Waals surface area contributed by atoms with Crippen LogP contribution in [0.15, 0.2) is 23.1 Å². The largest absolute Gasteiger partial charge is 0.496 e. The van der Waals surface area contributed by atoms with Crippen molar-refractivity contribution in [1.82, 2.24) is 4.72 Å². The third-order valence-corrected chi connectivity index (χ3v) is 6.28. The van der Waals surface area contributed by atoms with Crippen molar-refractivity contribution in [2.24, 2.45) is 0 Å². The van der Waals surface area contributed by atoms with Crippen molar-refractivity contribution in [3.8, 4) is 5.75 Å². The fourth-order valence-electron chi connectivity index (χ4n) is 1.43. The quantitative estimate of drug-likeness (QED) is 0.814. The van der Waals surface area contributed by atoms with Crippen molar-refractivity contribution >= 4 is 29.8 Å². The Bertz CT molecular complexity index is 721. The number of halogens is 1. The number of nitrogens with one attached hydrogen (secondary N) is 1. The van der Waals surface area contributed by atoms with Gasteiger partial charge in [0.25, 0.3) is 9.05 Å². The molecular weight excluding hydrogens is 338 g/mol. The molecule has 21 heavy (non-hydrogen) atoms. The molecule has 120 valence electrons. The Morgan fingerprint density at radius 2 is 1.76 bits per heavy atom. The third kappa shape index (κ3) is 4.57. The monoisotopic (exact) mass is 355 g/mol. The second kappa shape index (κ2) is 6.12. The summed E-state index contributed by atoms with van der Waals surface area (Å²) in [5.41, 5.74) is 0.382. The first kappa shape index (κ1) is 18.2. The van der Waals surface area contributed by atoms with Gasteiger partial charge in [0, 0.05) is 22.8 Å². The summed E-state index contributed by atoms with van der Waals surface area (Å²) in [4.78, 5) is -0.116. The maximum Gasteiger partial charge on any atom is 0.261 e. The molecule has 0 unspecified atom stereocenters. The van der Waals surface area contributed by atoms with Gasteiger partial charge in [0.2, 0.25) is 10.0 Å². The number of hydrogen-bond donors (Lipinski definition) is 1. The topological polar surface area (TPSA) is 89.5 Å². The molecule has 0 saturated carbocycles. The molecule has 0 heterocycles. The Balaban J connectivity index is 3.13. The molecule has 0 bridgehead atoms. The average Bonchev–Trinajstić information content (AvgIpc) is 2.33. The van der Waals surface area contributed by atoms with Crippen LogP contribution in [-0.2, 0) is 25.6 Å². The molecule has 0 atom stereocenters. The van der Waals surface area contributed by atoms with E-state index in [9.17, 15) is 16.8 Å². The van der Waals surface area contributed by atoms with Gasteiger partial charge in [-0.25, -0.2) is 21.6 Å². The van der Waals surface area contributed by atoms with Gasteiger partial charge in [-0.05, 0) is 39.0 Å². The van der Waals surface area contributed by atoms with E-state index in [2.05, 4.69) is 4.72 Å². The van der Waals surface area contributed by atoms with Crippen molar-refractivity contribution < 1.29 is 21.6 Å². The molecule has 1 aromatic rings. The minimum atomic E-state index is -3.89. The summed E-state index contributed by atoms with van der Waals surface area (Å²) in [7, 11) is -0.760. The SMILES string of the molecule is COc1ccc(S(=O)(=O)Cl)cc1CNS(=O)(=O)C(C)(C)C. The first-order chi connectivity index (χ1) is 9.38. The first-order valence-corrected chi connectivity index (χ1v) is 9.78. The maximum absolute atomic E-state index is 12.0. The molecule has 1 rings (SSSR count). The van der Waals surface area contributed by atoms with E-state index in [0.717, 1.165) is 0 Å². The van der Waals surface area contributed by atoms with Crippen LogP contribution in [0, 0.1) is 0 Å². The molecule has 0 fully saturated rings. The minimum absolute atomic E-state index is 0.0942. The highest BCUT2D eigenvalue weighted by Crippen LogP contribution is 2.25. The highest BCUT2D eigenvalue weighted by molar-refractivity contribution is 8.13. The molecule has 1 N–H and O–H groups in total. The van der Waals surface area contributed by atoms with Gasteiger partial charge >= 0.3 is 0 Å². The van der Waals surface area contributed by atoms with E-state index >= 15 is 0 Å². The number of sulfonamides is 1. The predicted octanol–water partition coefficient (Wildman–Crippen LogP) is 1.84. The zero-order chi connectivity index (χ0) is 16.5. The number of hydrogen-bond acceptors (Lipinski definition) is 5. The van der Waals surface area contributed by atoms with E-state index in [1.807, 2.05) is 0 Å². The van der Waals surface area contributed by atoms with Crippen molar-refractivity contribution in [3.05, 3.63) is 23.8 Å². The molecule has 0 saturated heterocycles. The summed E-state index contributed by atoms with van der Waals surface area (Å²) in [5.74, 6) is 0.371. The molecule has 9 heteroatoms. The normalized spacial score (nSPS) is 13.2. The van der Waals surface area contributed by atoms with Crippen molar-refractivity contribution in [2.45, 2.75) is 37.0 Å². The lowest BCUT2D eigenvalue weighted by molar-refractivity contribution is 0.408. The van der Waals surface area contributed by atoms with Gasteiger partial charge in [0.1, 0.15) is 5.75 Å². The summed E-state index contributed by atoms with van der Waals surface area (Å²) in [6.07, 6.45) is 0. The number of ether oxygens (including phenoxy) is 1. The van der Waals surface area contributed by atoms with Gasteiger partial charge in [-0.1, -0.05) is 0 Å². The zero-order valence-corrected chi connectivity index (χ0v) is 14.6. The first-order valence-electron chi connectivity index (χ1n) is 5.99. The molecule has 0 aromatic heterocycles. The van der Waals surface area contributed by atoms with Crippen LogP contribution in [0.4, 0.5) is 0 Å². The lowest BCUT2D eigenvalue weighted by Gasteiger charge is -2.20. The van der Waals surface area contributed by atoms with Gasteiger partial charge in [-0.2, -0.15) is 0 Å².